The quantitative estimate of drug-likeness (QED) is 0.736. The third-order valence-electron chi connectivity index (χ3n) is 2.32. The fourth-order valence-electron chi connectivity index (χ4n) is 1.52. The van der Waals surface area contributed by atoms with Gasteiger partial charge in [0.2, 0.25) is 0 Å². The smallest absolute Gasteiger partial charge is 0.0789 e. The molecule has 0 aliphatic carbocycles. The molecule has 1 aliphatic rings. The largest absolute Gasteiger partial charge is 0.302 e. The van der Waals surface area contributed by atoms with Crippen LogP contribution in [0.5, 0.6) is 0 Å². The molecule has 0 spiro atoms. The highest BCUT2D eigenvalue weighted by Gasteiger charge is 2.14. The maximum atomic E-state index is 3.52. The first-order chi connectivity index (χ1) is 6.36. The van der Waals surface area contributed by atoms with Crippen molar-refractivity contribution in [3.8, 4) is 0 Å². The van der Waals surface area contributed by atoms with E-state index in [2.05, 4.69) is 36.5 Å². The van der Waals surface area contributed by atoms with Gasteiger partial charge in [-0.2, -0.15) is 0 Å². The monoisotopic (exact) mass is 193 g/mol. The lowest BCUT2D eigenvalue weighted by molar-refractivity contribution is 0.643. The van der Waals surface area contributed by atoms with Crippen LogP contribution in [-0.2, 0) is 0 Å². The van der Waals surface area contributed by atoms with Crippen LogP contribution in [0.4, 0.5) is 0 Å². The summed E-state index contributed by atoms with van der Waals surface area (Å²) in [5.41, 5.74) is 2.75. The van der Waals surface area contributed by atoms with Crippen LogP contribution in [0.2, 0.25) is 0 Å². The molecule has 1 heterocycles. The highest BCUT2D eigenvalue weighted by atomic mass is 32.2. The molecule has 1 N–H and O–H groups in total. The third kappa shape index (κ3) is 2.26. The topological polar surface area (TPSA) is 12.0 Å². The molecule has 0 bridgehead atoms. The summed E-state index contributed by atoms with van der Waals surface area (Å²) in [5, 5.41) is 4.04. The molecule has 1 aliphatic heterocycles. The molecule has 1 fully saturated rings. The summed E-state index contributed by atoms with van der Waals surface area (Å²) in [4.78, 5) is 0. The second-order valence-electron chi connectivity index (χ2n) is 3.47. The molecule has 1 atom stereocenters. The van der Waals surface area contributed by atoms with Gasteiger partial charge in [0.15, 0.2) is 0 Å². The Morgan fingerprint density at radius 3 is 2.69 bits per heavy atom. The number of rotatable bonds is 1. The molecular weight excluding hydrogens is 178 g/mol. The average Bonchev–Trinajstić information content (AvgIpc) is 2.20. The third-order valence-corrected chi connectivity index (χ3v) is 3.61. The molecular formula is C11H15NS. The van der Waals surface area contributed by atoms with E-state index in [-0.39, 0.29) is 0 Å². The maximum Gasteiger partial charge on any atom is 0.0789 e. The highest BCUT2D eigenvalue weighted by Crippen LogP contribution is 2.29. The Bertz CT molecular complexity index is 262. The Morgan fingerprint density at radius 1 is 1.31 bits per heavy atom. The predicted octanol–water partition coefficient (Wildman–Crippen LogP) is 2.72. The second-order valence-corrected chi connectivity index (χ2v) is 4.68. The van der Waals surface area contributed by atoms with Gasteiger partial charge in [-0.3, -0.25) is 0 Å². The van der Waals surface area contributed by atoms with E-state index in [9.17, 15) is 0 Å². The fraction of sp³-hybridized carbons (Fsp3) is 0.455. The van der Waals surface area contributed by atoms with Gasteiger partial charge in [-0.15, -0.1) is 11.8 Å². The van der Waals surface area contributed by atoms with E-state index < -0.39 is 0 Å². The summed E-state index contributed by atoms with van der Waals surface area (Å²) in [5.74, 6) is 1.28. The first-order valence-electron chi connectivity index (χ1n) is 4.78. The SMILES string of the molecule is Cc1ccc(C2NCCCS2)cc1. The Kier molecular flexibility index (Phi) is 2.91. The summed E-state index contributed by atoms with van der Waals surface area (Å²) in [6, 6.07) is 8.83. The summed E-state index contributed by atoms with van der Waals surface area (Å²) in [6.45, 7) is 3.29. The molecule has 0 amide bonds. The van der Waals surface area contributed by atoms with E-state index in [1.807, 2.05) is 11.8 Å². The number of nitrogens with one attached hydrogen (secondary N) is 1. The molecule has 1 aromatic carbocycles. The van der Waals surface area contributed by atoms with Crippen LogP contribution in [-0.4, -0.2) is 12.3 Å². The zero-order valence-corrected chi connectivity index (χ0v) is 8.73. The molecule has 1 saturated heterocycles. The lowest BCUT2D eigenvalue weighted by Gasteiger charge is -2.23. The lowest BCUT2D eigenvalue weighted by Crippen LogP contribution is -2.25. The van der Waals surface area contributed by atoms with Crippen LogP contribution in [0.3, 0.4) is 0 Å². The number of hydrogen-bond donors (Lipinski definition) is 1. The van der Waals surface area contributed by atoms with Gasteiger partial charge in [-0.05, 0) is 31.2 Å². The summed E-state index contributed by atoms with van der Waals surface area (Å²) < 4.78 is 0. The Labute approximate surface area is 83.9 Å². The average molecular weight is 193 g/mol. The summed E-state index contributed by atoms with van der Waals surface area (Å²) in [6.07, 6.45) is 1.30. The van der Waals surface area contributed by atoms with Gasteiger partial charge in [-0.25, -0.2) is 0 Å². The van der Waals surface area contributed by atoms with Crippen molar-refractivity contribution < 1.29 is 0 Å². The predicted molar refractivity (Wildman–Crippen MR) is 59.0 cm³/mol. The molecule has 2 heteroatoms. The molecule has 2 rings (SSSR count). The van der Waals surface area contributed by atoms with Crippen LogP contribution >= 0.6 is 11.8 Å². The van der Waals surface area contributed by atoms with Crippen LogP contribution in [0.15, 0.2) is 24.3 Å². The van der Waals surface area contributed by atoms with Crippen molar-refractivity contribution in [2.24, 2.45) is 0 Å². The molecule has 1 unspecified atom stereocenters. The Hall–Kier alpha value is -0.470. The fourth-order valence-corrected chi connectivity index (χ4v) is 2.65. The number of hydrogen-bond acceptors (Lipinski definition) is 2. The molecule has 0 saturated carbocycles. The van der Waals surface area contributed by atoms with Gasteiger partial charge in [0.05, 0.1) is 5.37 Å². The van der Waals surface area contributed by atoms with E-state index in [1.54, 1.807) is 0 Å². The minimum Gasteiger partial charge on any atom is -0.302 e. The van der Waals surface area contributed by atoms with Crippen molar-refractivity contribution in [3.63, 3.8) is 0 Å². The standard InChI is InChI=1S/C11H15NS/c1-9-3-5-10(6-4-9)11-12-7-2-8-13-11/h3-6,11-12H,2,7-8H2,1H3. The lowest BCUT2D eigenvalue weighted by atomic mass is 10.1. The van der Waals surface area contributed by atoms with E-state index in [4.69, 9.17) is 0 Å². The number of thioether (sulfide) groups is 1. The molecule has 0 aromatic heterocycles. The molecule has 70 valence electrons. The number of aryl methyl sites for hydroxylation is 1. The minimum atomic E-state index is 0.523. The second kappa shape index (κ2) is 4.16. The molecule has 13 heavy (non-hydrogen) atoms. The normalized spacial score (nSPS) is 23.0. The van der Waals surface area contributed by atoms with Gasteiger partial charge in [-0.1, -0.05) is 29.8 Å². The van der Waals surface area contributed by atoms with Crippen LogP contribution in [0.25, 0.3) is 0 Å². The van der Waals surface area contributed by atoms with Gasteiger partial charge in [0.25, 0.3) is 0 Å². The van der Waals surface area contributed by atoms with Crippen molar-refractivity contribution in [1.29, 1.82) is 0 Å². The number of benzene rings is 1. The first-order valence-corrected chi connectivity index (χ1v) is 5.83. The zero-order valence-electron chi connectivity index (χ0n) is 7.92. The first kappa shape index (κ1) is 9.10. The van der Waals surface area contributed by atoms with Gasteiger partial charge in [0.1, 0.15) is 0 Å². The molecule has 0 radical (unpaired) electrons. The van der Waals surface area contributed by atoms with E-state index in [0.717, 1.165) is 6.54 Å². The van der Waals surface area contributed by atoms with Crippen molar-refractivity contribution in [3.05, 3.63) is 35.4 Å². The van der Waals surface area contributed by atoms with Crippen LogP contribution in [0.1, 0.15) is 22.9 Å². The minimum absolute atomic E-state index is 0.523. The highest BCUT2D eigenvalue weighted by molar-refractivity contribution is 7.99. The van der Waals surface area contributed by atoms with Gasteiger partial charge in [0, 0.05) is 0 Å². The molecule has 1 aromatic rings. The molecule has 1 nitrogen and oxygen atoms in total. The zero-order chi connectivity index (χ0) is 9.10. The van der Waals surface area contributed by atoms with Crippen LogP contribution in [0, 0.1) is 6.92 Å². The maximum absolute atomic E-state index is 3.52. The summed E-state index contributed by atoms with van der Waals surface area (Å²) >= 11 is 2.01. The van der Waals surface area contributed by atoms with Crippen LogP contribution < -0.4 is 5.32 Å². The van der Waals surface area contributed by atoms with E-state index >= 15 is 0 Å². The Balaban J connectivity index is 2.10. The van der Waals surface area contributed by atoms with Gasteiger partial charge < -0.3 is 5.32 Å². The van der Waals surface area contributed by atoms with Crippen molar-refractivity contribution in [1.82, 2.24) is 5.32 Å². The van der Waals surface area contributed by atoms with Crippen molar-refractivity contribution >= 4 is 11.8 Å². The van der Waals surface area contributed by atoms with Gasteiger partial charge >= 0.3 is 0 Å². The van der Waals surface area contributed by atoms with E-state index in [1.165, 1.54) is 23.3 Å². The van der Waals surface area contributed by atoms with Crippen molar-refractivity contribution in [2.45, 2.75) is 18.7 Å². The van der Waals surface area contributed by atoms with Crippen molar-refractivity contribution in [2.75, 3.05) is 12.3 Å². The Morgan fingerprint density at radius 2 is 2.08 bits per heavy atom. The van der Waals surface area contributed by atoms with E-state index in [0.29, 0.717) is 5.37 Å². The summed E-state index contributed by atoms with van der Waals surface area (Å²) in [7, 11) is 0.